The zero-order valence-electron chi connectivity index (χ0n) is 7.12. The number of hydrogen-bond donors (Lipinski definition) is 2. The standard InChI is InChI=1S/C9H15NO2/c11-9(12)8-6-2-1-3-7(8)5-10-4-6/h6-8,10H,1-5H2,(H,11,12)/t6-,7+,8?. The third-order valence-electron chi connectivity index (χ3n) is 3.26. The molecule has 1 aliphatic carbocycles. The summed E-state index contributed by atoms with van der Waals surface area (Å²) in [7, 11) is 0. The van der Waals surface area contributed by atoms with Crippen LogP contribution in [0.5, 0.6) is 0 Å². The van der Waals surface area contributed by atoms with Gasteiger partial charge in [-0.15, -0.1) is 0 Å². The van der Waals surface area contributed by atoms with Crippen LogP contribution in [0.4, 0.5) is 0 Å². The van der Waals surface area contributed by atoms with Crippen molar-refractivity contribution < 1.29 is 9.90 Å². The van der Waals surface area contributed by atoms with Crippen LogP contribution in [0.25, 0.3) is 0 Å². The molecule has 0 aromatic carbocycles. The lowest BCUT2D eigenvalue weighted by Gasteiger charge is -2.40. The quantitative estimate of drug-likeness (QED) is 0.607. The van der Waals surface area contributed by atoms with Gasteiger partial charge in [0.2, 0.25) is 0 Å². The normalized spacial score (nSPS) is 40.8. The fourth-order valence-electron chi connectivity index (χ4n) is 2.70. The Morgan fingerprint density at radius 3 is 2.25 bits per heavy atom. The molecule has 2 aliphatic rings. The number of rotatable bonds is 1. The molecular weight excluding hydrogens is 154 g/mol. The first-order chi connectivity index (χ1) is 5.79. The van der Waals surface area contributed by atoms with Crippen LogP contribution in [-0.4, -0.2) is 24.2 Å². The van der Waals surface area contributed by atoms with Crippen LogP contribution in [0.1, 0.15) is 19.3 Å². The predicted molar refractivity (Wildman–Crippen MR) is 44.8 cm³/mol. The predicted octanol–water partition coefficient (Wildman–Crippen LogP) is 0.707. The Labute approximate surface area is 72.2 Å². The van der Waals surface area contributed by atoms with Gasteiger partial charge in [0.05, 0.1) is 5.92 Å². The Hall–Kier alpha value is -0.570. The maximum absolute atomic E-state index is 10.9. The molecule has 3 heteroatoms. The van der Waals surface area contributed by atoms with E-state index in [0.29, 0.717) is 11.8 Å². The monoisotopic (exact) mass is 169 g/mol. The van der Waals surface area contributed by atoms with Gasteiger partial charge < -0.3 is 10.4 Å². The molecule has 1 saturated heterocycles. The summed E-state index contributed by atoms with van der Waals surface area (Å²) in [5.41, 5.74) is 0. The van der Waals surface area contributed by atoms with E-state index in [1.807, 2.05) is 0 Å². The summed E-state index contributed by atoms with van der Waals surface area (Å²) in [5, 5.41) is 12.3. The minimum atomic E-state index is -0.578. The molecule has 0 radical (unpaired) electrons. The average Bonchev–Trinajstić information content (AvgIpc) is 2.02. The number of nitrogens with one attached hydrogen (secondary N) is 1. The minimum Gasteiger partial charge on any atom is -0.481 e. The molecule has 2 rings (SSSR count). The second-order valence-corrected chi connectivity index (χ2v) is 3.97. The van der Waals surface area contributed by atoms with Crippen LogP contribution in [0.3, 0.4) is 0 Å². The Balaban J connectivity index is 2.13. The van der Waals surface area contributed by atoms with Crippen molar-refractivity contribution in [3.05, 3.63) is 0 Å². The highest BCUT2D eigenvalue weighted by Crippen LogP contribution is 2.36. The number of aliphatic carboxylic acids is 1. The first-order valence-electron chi connectivity index (χ1n) is 4.72. The molecule has 0 aromatic rings. The van der Waals surface area contributed by atoms with E-state index in [9.17, 15) is 4.79 Å². The third kappa shape index (κ3) is 1.22. The second kappa shape index (κ2) is 3.05. The number of hydrogen-bond acceptors (Lipinski definition) is 2. The van der Waals surface area contributed by atoms with Crippen LogP contribution < -0.4 is 5.32 Å². The summed E-state index contributed by atoms with van der Waals surface area (Å²) in [6, 6.07) is 0. The van der Waals surface area contributed by atoms with E-state index in [4.69, 9.17) is 5.11 Å². The first kappa shape index (κ1) is 8.05. The molecule has 1 heterocycles. The summed E-state index contributed by atoms with van der Waals surface area (Å²) >= 11 is 0. The lowest BCUT2D eigenvalue weighted by atomic mass is 9.70. The molecule has 3 nitrogen and oxygen atoms in total. The van der Waals surface area contributed by atoms with Crippen molar-refractivity contribution in [2.24, 2.45) is 17.8 Å². The van der Waals surface area contributed by atoms with Crippen LogP contribution in [0, 0.1) is 17.8 Å². The van der Waals surface area contributed by atoms with E-state index < -0.39 is 5.97 Å². The number of fused-ring (bicyclic) bond motifs is 2. The number of carboxylic acids is 1. The van der Waals surface area contributed by atoms with Gasteiger partial charge in [-0.2, -0.15) is 0 Å². The van der Waals surface area contributed by atoms with E-state index in [1.54, 1.807) is 0 Å². The van der Waals surface area contributed by atoms with Gasteiger partial charge in [-0.05, 0) is 37.8 Å². The van der Waals surface area contributed by atoms with E-state index in [-0.39, 0.29) is 5.92 Å². The Morgan fingerprint density at radius 2 is 1.83 bits per heavy atom. The van der Waals surface area contributed by atoms with Crippen molar-refractivity contribution in [3.63, 3.8) is 0 Å². The first-order valence-corrected chi connectivity index (χ1v) is 4.72. The van der Waals surface area contributed by atoms with Crippen LogP contribution >= 0.6 is 0 Å². The summed E-state index contributed by atoms with van der Waals surface area (Å²) in [5.74, 6) is 0.163. The minimum absolute atomic E-state index is 0.0556. The highest BCUT2D eigenvalue weighted by atomic mass is 16.4. The maximum atomic E-state index is 10.9. The van der Waals surface area contributed by atoms with Gasteiger partial charge in [-0.1, -0.05) is 6.42 Å². The van der Waals surface area contributed by atoms with Crippen molar-refractivity contribution in [1.82, 2.24) is 5.32 Å². The Kier molecular flexibility index (Phi) is 2.05. The van der Waals surface area contributed by atoms with Crippen LogP contribution in [-0.2, 0) is 4.79 Å². The molecular formula is C9H15NO2. The molecule has 1 aliphatic heterocycles. The molecule has 1 saturated carbocycles. The summed E-state index contributed by atoms with van der Waals surface area (Å²) in [6.45, 7) is 1.82. The van der Waals surface area contributed by atoms with Crippen molar-refractivity contribution in [1.29, 1.82) is 0 Å². The maximum Gasteiger partial charge on any atom is 0.307 e. The van der Waals surface area contributed by atoms with Gasteiger partial charge in [-0.3, -0.25) is 4.79 Å². The SMILES string of the molecule is O=C(O)C1[C@@H]2CCC[C@H]1CNC2. The van der Waals surface area contributed by atoms with Gasteiger partial charge in [0.1, 0.15) is 0 Å². The van der Waals surface area contributed by atoms with Crippen molar-refractivity contribution >= 4 is 5.97 Å². The topological polar surface area (TPSA) is 49.3 Å². The Bertz CT molecular complexity index is 171. The fraction of sp³-hybridized carbons (Fsp3) is 0.889. The zero-order valence-corrected chi connectivity index (χ0v) is 7.12. The third-order valence-corrected chi connectivity index (χ3v) is 3.26. The van der Waals surface area contributed by atoms with Gasteiger partial charge in [0, 0.05) is 0 Å². The highest BCUT2D eigenvalue weighted by molar-refractivity contribution is 5.71. The zero-order chi connectivity index (χ0) is 8.55. The molecule has 12 heavy (non-hydrogen) atoms. The van der Waals surface area contributed by atoms with E-state index in [1.165, 1.54) is 6.42 Å². The Morgan fingerprint density at radius 1 is 1.25 bits per heavy atom. The summed E-state index contributed by atoms with van der Waals surface area (Å²) in [6.07, 6.45) is 3.42. The molecule has 3 atom stereocenters. The van der Waals surface area contributed by atoms with Gasteiger partial charge in [0.25, 0.3) is 0 Å². The highest BCUT2D eigenvalue weighted by Gasteiger charge is 2.40. The van der Waals surface area contributed by atoms with Crippen LogP contribution in [0.15, 0.2) is 0 Å². The fourth-order valence-corrected chi connectivity index (χ4v) is 2.70. The largest absolute Gasteiger partial charge is 0.481 e. The average molecular weight is 169 g/mol. The van der Waals surface area contributed by atoms with E-state index in [0.717, 1.165) is 25.9 Å². The van der Waals surface area contributed by atoms with Crippen molar-refractivity contribution in [3.8, 4) is 0 Å². The summed E-state index contributed by atoms with van der Waals surface area (Å²) in [4.78, 5) is 10.9. The molecule has 1 unspecified atom stereocenters. The molecule has 2 bridgehead atoms. The van der Waals surface area contributed by atoms with Gasteiger partial charge in [-0.25, -0.2) is 0 Å². The van der Waals surface area contributed by atoms with Crippen molar-refractivity contribution in [2.45, 2.75) is 19.3 Å². The second-order valence-electron chi connectivity index (χ2n) is 3.97. The van der Waals surface area contributed by atoms with Crippen LogP contribution in [0.2, 0.25) is 0 Å². The molecule has 0 aromatic heterocycles. The van der Waals surface area contributed by atoms with E-state index >= 15 is 0 Å². The molecule has 0 amide bonds. The van der Waals surface area contributed by atoms with E-state index in [2.05, 4.69) is 5.32 Å². The molecule has 2 N–H and O–H groups in total. The van der Waals surface area contributed by atoms with Gasteiger partial charge >= 0.3 is 5.97 Å². The molecule has 0 spiro atoms. The smallest absolute Gasteiger partial charge is 0.307 e. The number of carboxylic acid groups (broad SMARTS) is 1. The van der Waals surface area contributed by atoms with Gasteiger partial charge in [0.15, 0.2) is 0 Å². The lowest BCUT2D eigenvalue weighted by Crippen LogP contribution is -2.49. The molecule has 68 valence electrons. The molecule has 2 fully saturated rings. The van der Waals surface area contributed by atoms with Crippen molar-refractivity contribution in [2.75, 3.05) is 13.1 Å². The number of piperidine rings is 1. The summed E-state index contributed by atoms with van der Waals surface area (Å²) < 4.78 is 0. The number of carbonyl (C=O) groups is 1. The lowest BCUT2D eigenvalue weighted by molar-refractivity contribution is -0.148.